The molecule has 0 aliphatic heterocycles. The van der Waals surface area contributed by atoms with Crippen LogP contribution in [0.5, 0.6) is 0 Å². The summed E-state index contributed by atoms with van der Waals surface area (Å²) >= 11 is 0. The normalized spacial score (nSPS) is 10.3. The van der Waals surface area contributed by atoms with E-state index >= 15 is 0 Å². The number of aromatic nitrogens is 2. The second-order valence-electron chi connectivity index (χ2n) is 4.46. The van der Waals surface area contributed by atoms with Crippen molar-refractivity contribution in [3.05, 3.63) is 17.0 Å². The van der Waals surface area contributed by atoms with Crippen LogP contribution in [-0.4, -0.2) is 47.2 Å². The molecule has 6 heteroatoms. The highest BCUT2D eigenvalue weighted by Crippen LogP contribution is 2.11. The number of H-pyrrole nitrogens is 1. The largest absolute Gasteiger partial charge is 0.466 e. The van der Waals surface area contributed by atoms with Crippen LogP contribution in [0.1, 0.15) is 30.3 Å². The van der Waals surface area contributed by atoms with Crippen molar-refractivity contribution in [1.29, 1.82) is 0 Å². The van der Waals surface area contributed by atoms with Crippen molar-refractivity contribution in [2.45, 2.75) is 33.6 Å². The third-order valence-electron chi connectivity index (χ3n) is 2.99. The van der Waals surface area contributed by atoms with Crippen molar-refractivity contribution in [3.8, 4) is 0 Å². The number of carbonyl (C=O) groups excluding carboxylic acids is 2. The third-order valence-corrected chi connectivity index (χ3v) is 2.99. The fourth-order valence-corrected chi connectivity index (χ4v) is 1.74. The van der Waals surface area contributed by atoms with Gasteiger partial charge >= 0.3 is 5.97 Å². The molecule has 0 unspecified atom stereocenters. The lowest BCUT2D eigenvalue weighted by atomic mass is 10.1. The third kappa shape index (κ3) is 4.39. The van der Waals surface area contributed by atoms with Gasteiger partial charge in [0.25, 0.3) is 0 Å². The second kappa shape index (κ2) is 6.92. The Morgan fingerprint density at radius 3 is 2.58 bits per heavy atom. The van der Waals surface area contributed by atoms with Crippen LogP contribution in [-0.2, 0) is 20.7 Å². The zero-order chi connectivity index (χ0) is 14.4. The topological polar surface area (TPSA) is 75.3 Å². The zero-order valence-electron chi connectivity index (χ0n) is 11.9. The summed E-state index contributed by atoms with van der Waals surface area (Å²) in [6, 6.07) is 0. The molecule has 6 nitrogen and oxygen atoms in total. The molecule has 1 heterocycles. The highest BCUT2D eigenvalue weighted by molar-refractivity contribution is 5.79. The number of aryl methyl sites for hydroxylation is 2. The van der Waals surface area contributed by atoms with E-state index in [4.69, 9.17) is 4.74 Å². The number of hydrogen-bond acceptors (Lipinski definition) is 4. The molecule has 0 aliphatic carbocycles. The molecule has 0 bridgehead atoms. The number of amides is 1. The smallest absolute Gasteiger partial charge is 0.307 e. The van der Waals surface area contributed by atoms with Gasteiger partial charge in [-0.05, 0) is 20.8 Å². The Kier molecular flexibility index (Phi) is 5.54. The molecule has 0 saturated carbocycles. The lowest BCUT2D eigenvalue weighted by molar-refractivity contribution is -0.143. The molecule has 0 aromatic carbocycles. The van der Waals surface area contributed by atoms with Gasteiger partial charge in [-0.2, -0.15) is 5.10 Å². The Labute approximate surface area is 113 Å². The molecule has 106 valence electrons. The highest BCUT2D eigenvalue weighted by atomic mass is 16.5. The molecule has 1 N–H and O–H groups in total. The van der Waals surface area contributed by atoms with Crippen LogP contribution >= 0.6 is 0 Å². The molecule has 1 rings (SSSR count). The van der Waals surface area contributed by atoms with Crippen LogP contribution in [0.3, 0.4) is 0 Å². The fourth-order valence-electron chi connectivity index (χ4n) is 1.74. The highest BCUT2D eigenvalue weighted by Gasteiger charge is 2.15. The molecular formula is C13H21N3O3. The van der Waals surface area contributed by atoms with Gasteiger partial charge in [0.05, 0.1) is 25.1 Å². The Morgan fingerprint density at radius 1 is 1.37 bits per heavy atom. The van der Waals surface area contributed by atoms with Crippen LogP contribution < -0.4 is 0 Å². The first-order chi connectivity index (χ1) is 8.95. The van der Waals surface area contributed by atoms with Gasteiger partial charge in [0.2, 0.25) is 5.91 Å². The van der Waals surface area contributed by atoms with E-state index in [1.54, 1.807) is 18.9 Å². The average Bonchev–Trinajstić information content (AvgIpc) is 2.68. The minimum Gasteiger partial charge on any atom is -0.466 e. The number of nitrogens with zero attached hydrogens (tertiary/aromatic N) is 2. The summed E-state index contributed by atoms with van der Waals surface area (Å²) < 4.78 is 4.82. The number of nitrogens with one attached hydrogen (secondary N) is 1. The number of ether oxygens (including phenoxy) is 1. The van der Waals surface area contributed by atoms with E-state index in [0.717, 1.165) is 17.0 Å². The summed E-state index contributed by atoms with van der Waals surface area (Å²) in [5.41, 5.74) is 2.67. The minimum atomic E-state index is -0.280. The molecule has 1 amide bonds. The Morgan fingerprint density at radius 2 is 2.05 bits per heavy atom. The molecule has 19 heavy (non-hydrogen) atoms. The summed E-state index contributed by atoms with van der Waals surface area (Å²) in [5.74, 6) is -0.310. The van der Waals surface area contributed by atoms with Gasteiger partial charge in [0.15, 0.2) is 0 Å². The maximum Gasteiger partial charge on any atom is 0.307 e. The first-order valence-corrected chi connectivity index (χ1v) is 6.35. The van der Waals surface area contributed by atoms with Crippen LogP contribution in [0.4, 0.5) is 0 Å². The Balaban J connectivity index is 2.47. The van der Waals surface area contributed by atoms with E-state index in [2.05, 4.69) is 10.2 Å². The average molecular weight is 267 g/mol. The zero-order valence-corrected chi connectivity index (χ0v) is 11.9. The molecule has 0 saturated heterocycles. The monoisotopic (exact) mass is 267 g/mol. The van der Waals surface area contributed by atoms with Crippen molar-refractivity contribution >= 4 is 11.9 Å². The molecule has 1 aromatic rings. The Hall–Kier alpha value is -1.85. The summed E-state index contributed by atoms with van der Waals surface area (Å²) in [5, 5.41) is 6.91. The van der Waals surface area contributed by atoms with Gasteiger partial charge in [-0.25, -0.2) is 0 Å². The van der Waals surface area contributed by atoms with E-state index < -0.39 is 0 Å². The van der Waals surface area contributed by atoms with Crippen molar-refractivity contribution in [3.63, 3.8) is 0 Å². The molecular weight excluding hydrogens is 246 g/mol. The van der Waals surface area contributed by atoms with Gasteiger partial charge in [0, 0.05) is 24.8 Å². The van der Waals surface area contributed by atoms with Crippen LogP contribution in [0.15, 0.2) is 0 Å². The SMILES string of the molecule is CCOC(=O)CCN(C)C(=O)Cc1c(C)n[nH]c1C. The van der Waals surface area contributed by atoms with Crippen LogP contribution in [0, 0.1) is 13.8 Å². The summed E-state index contributed by atoms with van der Waals surface area (Å²) in [6.07, 6.45) is 0.521. The number of hydrogen-bond donors (Lipinski definition) is 1. The first kappa shape index (κ1) is 15.2. The van der Waals surface area contributed by atoms with E-state index in [1.165, 1.54) is 0 Å². The fraction of sp³-hybridized carbons (Fsp3) is 0.615. The van der Waals surface area contributed by atoms with E-state index in [-0.39, 0.29) is 18.3 Å². The molecule has 0 radical (unpaired) electrons. The molecule has 1 aromatic heterocycles. The summed E-state index contributed by atoms with van der Waals surface area (Å²) in [7, 11) is 1.69. The predicted octanol–water partition coefficient (Wildman–Crippen LogP) is 0.981. The molecule has 0 fully saturated rings. The predicted molar refractivity (Wildman–Crippen MR) is 70.7 cm³/mol. The number of likely N-dealkylation sites (N-methyl/N-ethyl adjacent to an activating group) is 1. The van der Waals surface area contributed by atoms with Crippen molar-refractivity contribution in [1.82, 2.24) is 15.1 Å². The van der Waals surface area contributed by atoms with Gasteiger partial charge in [-0.3, -0.25) is 14.7 Å². The van der Waals surface area contributed by atoms with E-state index in [1.807, 2.05) is 13.8 Å². The number of rotatable bonds is 6. The molecule has 0 atom stereocenters. The van der Waals surface area contributed by atoms with E-state index in [9.17, 15) is 9.59 Å². The Bertz CT molecular complexity index is 434. The maximum absolute atomic E-state index is 12.0. The van der Waals surface area contributed by atoms with Gasteiger partial charge in [-0.1, -0.05) is 0 Å². The number of esters is 1. The standard InChI is InChI=1S/C13H21N3O3/c1-5-19-13(18)6-7-16(4)12(17)8-11-9(2)14-15-10(11)3/h5-8H2,1-4H3,(H,14,15). The molecule has 0 aliphatic rings. The van der Waals surface area contributed by atoms with Gasteiger partial charge < -0.3 is 9.64 Å². The number of aromatic amines is 1. The van der Waals surface area contributed by atoms with Crippen molar-refractivity contribution in [2.75, 3.05) is 20.2 Å². The maximum atomic E-state index is 12.0. The second-order valence-corrected chi connectivity index (χ2v) is 4.46. The lowest BCUT2D eigenvalue weighted by Crippen LogP contribution is -2.31. The minimum absolute atomic E-state index is 0.0306. The lowest BCUT2D eigenvalue weighted by Gasteiger charge is -2.16. The summed E-state index contributed by atoms with van der Waals surface area (Å²) in [6.45, 7) is 6.25. The van der Waals surface area contributed by atoms with Crippen molar-refractivity contribution in [2.24, 2.45) is 0 Å². The van der Waals surface area contributed by atoms with Gasteiger partial charge in [-0.15, -0.1) is 0 Å². The van der Waals surface area contributed by atoms with Gasteiger partial charge in [0.1, 0.15) is 0 Å². The quantitative estimate of drug-likeness (QED) is 0.780. The van der Waals surface area contributed by atoms with E-state index in [0.29, 0.717) is 19.6 Å². The summed E-state index contributed by atoms with van der Waals surface area (Å²) in [4.78, 5) is 24.8. The number of carbonyl (C=O) groups is 2. The van der Waals surface area contributed by atoms with Crippen LogP contribution in [0.2, 0.25) is 0 Å². The van der Waals surface area contributed by atoms with Crippen LogP contribution in [0.25, 0.3) is 0 Å². The first-order valence-electron chi connectivity index (χ1n) is 6.35. The molecule has 0 spiro atoms. The van der Waals surface area contributed by atoms with Crippen molar-refractivity contribution < 1.29 is 14.3 Å².